The van der Waals surface area contributed by atoms with Crippen LogP contribution in [-0.2, 0) is 14.3 Å². The maximum atomic E-state index is 11.5. The summed E-state index contributed by atoms with van der Waals surface area (Å²) < 4.78 is 4.92. The second-order valence-corrected chi connectivity index (χ2v) is 3.59. The van der Waals surface area contributed by atoms with Gasteiger partial charge in [0.2, 0.25) is 0 Å². The van der Waals surface area contributed by atoms with Gasteiger partial charge in [-0.1, -0.05) is 0 Å². The van der Waals surface area contributed by atoms with Crippen molar-refractivity contribution in [3.63, 3.8) is 0 Å². The third-order valence-electron chi connectivity index (χ3n) is 2.10. The lowest BCUT2D eigenvalue weighted by molar-refractivity contribution is -0.136. The van der Waals surface area contributed by atoms with Crippen LogP contribution in [0.1, 0.15) is 0 Å². The summed E-state index contributed by atoms with van der Waals surface area (Å²) in [5.41, 5.74) is 0.412. The molecular weight excluding hydrogens is 252 g/mol. The van der Waals surface area contributed by atoms with E-state index in [1.54, 1.807) is 0 Å². The van der Waals surface area contributed by atoms with Crippen molar-refractivity contribution in [1.82, 2.24) is 5.32 Å². The zero-order chi connectivity index (χ0) is 14.1. The van der Waals surface area contributed by atoms with Crippen LogP contribution in [-0.4, -0.2) is 48.4 Å². The first-order chi connectivity index (χ1) is 9.13. The van der Waals surface area contributed by atoms with Crippen LogP contribution in [0.5, 0.6) is 5.75 Å². The summed E-state index contributed by atoms with van der Waals surface area (Å²) in [6.45, 7) is 0.505. The average molecular weight is 268 g/mol. The molecule has 0 bridgehead atoms. The second-order valence-electron chi connectivity index (χ2n) is 3.59. The number of ether oxygens (including phenoxy) is 1. The molecule has 0 radical (unpaired) electrons. The van der Waals surface area contributed by atoms with Gasteiger partial charge in [-0.05, 0) is 24.3 Å². The molecule has 0 aromatic heterocycles. The minimum Gasteiger partial charge on any atom is -0.508 e. The van der Waals surface area contributed by atoms with Crippen molar-refractivity contribution >= 4 is 17.5 Å². The van der Waals surface area contributed by atoms with Crippen molar-refractivity contribution < 1.29 is 24.5 Å². The maximum Gasteiger partial charge on any atom is 0.313 e. The van der Waals surface area contributed by atoms with E-state index in [0.29, 0.717) is 5.69 Å². The van der Waals surface area contributed by atoms with Gasteiger partial charge in [-0.15, -0.1) is 0 Å². The highest BCUT2D eigenvalue weighted by Crippen LogP contribution is 2.13. The molecule has 0 heterocycles. The number of rotatable bonds is 6. The molecule has 19 heavy (non-hydrogen) atoms. The highest BCUT2D eigenvalue weighted by atomic mass is 16.5. The van der Waals surface area contributed by atoms with E-state index in [9.17, 15) is 9.59 Å². The quantitative estimate of drug-likeness (QED) is 0.315. The first-order valence-corrected chi connectivity index (χ1v) is 5.70. The van der Waals surface area contributed by atoms with Gasteiger partial charge in [0, 0.05) is 12.2 Å². The Morgan fingerprint density at radius 1 is 1.11 bits per heavy atom. The van der Waals surface area contributed by atoms with Gasteiger partial charge in [-0.3, -0.25) is 9.59 Å². The summed E-state index contributed by atoms with van der Waals surface area (Å²) in [6.07, 6.45) is 0. The zero-order valence-corrected chi connectivity index (χ0v) is 10.3. The summed E-state index contributed by atoms with van der Waals surface area (Å²) in [4.78, 5) is 22.8. The highest BCUT2D eigenvalue weighted by Gasteiger charge is 2.12. The summed E-state index contributed by atoms with van der Waals surface area (Å²) in [7, 11) is 0. The van der Waals surface area contributed by atoms with E-state index < -0.39 is 11.8 Å². The van der Waals surface area contributed by atoms with Crippen LogP contribution in [0.2, 0.25) is 0 Å². The molecule has 4 N–H and O–H groups in total. The van der Waals surface area contributed by atoms with Crippen LogP contribution in [0.3, 0.4) is 0 Å². The molecule has 7 heteroatoms. The number of benzene rings is 1. The predicted molar refractivity (Wildman–Crippen MR) is 67.7 cm³/mol. The second kappa shape index (κ2) is 8.06. The van der Waals surface area contributed by atoms with Gasteiger partial charge in [-0.2, -0.15) is 0 Å². The van der Waals surface area contributed by atoms with Crippen molar-refractivity contribution in [2.75, 3.05) is 31.7 Å². The largest absolute Gasteiger partial charge is 0.508 e. The fourth-order valence-corrected chi connectivity index (χ4v) is 1.22. The van der Waals surface area contributed by atoms with E-state index in [1.807, 2.05) is 0 Å². The molecule has 1 aromatic rings. The number of carbonyl (C=O) groups is 2. The van der Waals surface area contributed by atoms with Crippen LogP contribution >= 0.6 is 0 Å². The first-order valence-electron chi connectivity index (χ1n) is 5.70. The SMILES string of the molecule is O=C(NCCOCCO)C(=O)Nc1ccc(O)cc1. The minimum absolute atomic E-state index is 0.0727. The summed E-state index contributed by atoms with van der Waals surface area (Å²) in [6, 6.07) is 5.75. The molecule has 0 fully saturated rings. The fraction of sp³-hybridized carbons (Fsp3) is 0.333. The van der Waals surface area contributed by atoms with E-state index in [4.69, 9.17) is 14.9 Å². The molecule has 104 valence electrons. The van der Waals surface area contributed by atoms with Crippen LogP contribution in [0, 0.1) is 0 Å². The third kappa shape index (κ3) is 5.84. The molecule has 0 saturated heterocycles. The van der Waals surface area contributed by atoms with Gasteiger partial charge in [0.05, 0.1) is 19.8 Å². The number of aliphatic hydroxyl groups is 1. The Labute approximate surface area is 110 Å². The van der Waals surface area contributed by atoms with Crippen molar-refractivity contribution in [2.24, 2.45) is 0 Å². The third-order valence-corrected chi connectivity index (χ3v) is 2.10. The molecule has 0 aliphatic heterocycles. The number of hydrogen-bond acceptors (Lipinski definition) is 5. The summed E-state index contributed by atoms with van der Waals surface area (Å²) in [5, 5.41) is 22.3. The van der Waals surface area contributed by atoms with Gasteiger partial charge in [-0.25, -0.2) is 0 Å². The van der Waals surface area contributed by atoms with Gasteiger partial charge in [0.15, 0.2) is 0 Å². The summed E-state index contributed by atoms with van der Waals surface area (Å²) >= 11 is 0. The Kier molecular flexibility index (Phi) is 6.34. The molecule has 0 aliphatic rings. The number of amides is 2. The zero-order valence-electron chi connectivity index (χ0n) is 10.3. The number of phenols is 1. The Bertz CT molecular complexity index is 419. The Hall–Kier alpha value is -2.12. The average Bonchev–Trinajstić information content (AvgIpc) is 2.41. The lowest BCUT2D eigenvalue weighted by Gasteiger charge is -2.06. The van der Waals surface area contributed by atoms with Crippen LogP contribution in [0.4, 0.5) is 5.69 Å². The van der Waals surface area contributed by atoms with Gasteiger partial charge < -0.3 is 25.6 Å². The van der Waals surface area contributed by atoms with Crippen LogP contribution < -0.4 is 10.6 Å². The minimum atomic E-state index is -0.798. The molecule has 7 nitrogen and oxygen atoms in total. The molecule has 0 saturated carbocycles. The molecule has 2 amide bonds. The molecule has 0 atom stereocenters. The number of carbonyl (C=O) groups excluding carboxylic acids is 2. The van der Waals surface area contributed by atoms with E-state index in [-0.39, 0.29) is 32.1 Å². The predicted octanol–water partition coefficient (Wildman–Crippen LogP) is -0.544. The monoisotopic (exact) mass is 268 g/mol. The number of aromatic hydroxyl groups is 1. The fourth-order valence-electron chi connectivity index (χ4n) is 1.22. The number of nitrogens with one attached hydrogen (secondary N) is 2. The van der Waals surface area contributed by atoms with Gasteiger partial charge >= 0.3 is 11.8 Å². The maximum absolute atomic E-state index is 11.5. The normalized spacial score (nSPS) is 9.95. The number of aliphatic hydroxyl groups excluding tert-OH is 1. The number of phenolic OH excluding ortho intramolecular Hbond substituents is 1. The highest BCUT2D eigenvalue weighted by molar-refractivity contribution is 6.39. The number of hydrogen-bond donors (Lipinski definition) is 4. The van der Waals surface area contributed by atoms with Crippen LogP contribution in [0.25, 0.3) is 0 Å². The van der Waals surface area contributed by atoms with Crippen molar-refractivity contribution in [3.05, 3.63) is 24.3 Å². The Morgan fingerprint density at radius 2 is 1.79 bits per heavy atom. The Morgan fingerprint density at radius 3 is 2.42 bits per heavy atom. The lowest BCUT2D eigenvalue weighted by Crippen LogP contribution is -2.37. The van der Waals surface area contributed by atoms with E-state index >= 15 is 0 Å². The van der Waals surface area contributed by atoms with Crippen LogP contribution in [0.15, 0.2) is 24.3 Å². The Balaban J connectivity index is 2.28. The number of anilines is 1. The molecule has 1 aromatic carbocycles. The lowest BCUT2D eigenvalue weighted by atomic mass is 10.3. The van der Waals surface area contributed by atoms with Crippen molar-refractivity contribution in [3.8, 4) is 5.75 Å². The van der Waals surface area contributed by atoms with E-state index in [2.05, 4.69) is 10.6 Å². The van der Waals surface area contributed by atoms with E-state index in [1.165, 1.54) is 24.3 Å². The molecule has 0 spiro atoms. The van der Waals surface area contributed by atoms with Crippen molar-refractivity contribution in [1.29, 1.82) is 0 Å². The molecule has 0 unspecified atom stereocenters. The molecular formula is C12H16N2O5. The standard InChI is InChI=1S/C12H16N2O5/c15-6-8-19-7-5-13-11(17)12(18)14-9-1-3-10(16)4-2-9/h1-4,15-16H,5-8H2,(H,13,17)(H,14,18). The van der Waals surface area contributed by atoms with Crippen molar-refractivity contribution in [2.45, 2.75) is 0 Å². The topological polar surface area (TPSA) is 108 Å². The van der Waals surface area contributed by atoms with Gasteiger partial charge in [0.25, 0.3) is 0 Å². The molecule has 1 rings (SSSR count). The summed E-state index contributed by atoms with van der Waals surface area (Å²) in [5.74, 6) is -1.50. The molecule has 0 aliphatic carbocycles. The first kappa shape index (κ1) is 14.9. The smallest absolute Gasteiger partial charge is 0.313 e. The van der Waals surface area contributed by atoms with Gasteiger partial charge in [0.1, 0.15) is 5.75 Å². The van der Waals surface area contributed by atoms with E-state index in [0.717, 1.165) is 0 Å².